The molecule has 0 aliphatic rings. The van der Waals surface area contributed by atoms with Crippen molar-refractivity contribution in [3.63, 3.8) is 0 Å². The topological polar surface area (TPSA) is 38.7 Å². The second-order valence-corrected chi connectivity index (χ2v) is 5.02. The van der Waals surface area contributed by atoms with E-state index in [0.29, 0.717) is 19.8 Å². The number of rotatable bonds is 8. The van der Waals surface area contributed by atoms with Crippen molar-refractivity contribution in [1.82, 2.24) is 0 Å². The molecule has 0 radical (unpaired) electrons. The van der Waals surface area contributed by atoms with Crippen LogP contribution in [0.1, 0.15) is 41.7 Å². The number of aryl methyl sites for hydroxylation is 3. The first-order valence-corrected chi connectivity index (χ1v) is 6.97. The molecule has 0 bridgehead atoms. The summed E-state index contributed by atoms with van der Waals surface area (Å²) in [7, 11) is 0. The minimum atomic E-state index is -0.563. The van der Waals surface area contributed by atoms with E-state index in [1.54, 1.807) is 0 Å². The quantitative estimate of drug-likeness (QED) is 0.735. The maximum Gasteiger partial charge on any atom is 0.103 e. The van der Waals surface area contributed by atoms with E-state index in [4.69, 9.17) is 9.47 Å². The number of hydrogen-bond donors (Lipinski definition) is 1. The lowest BCUT2D eigenvalue weighted by molar-refractivity contribution is 0.00290. The van der Waals surface area contributed by atoms with Gasteiger partial charge in [0.2, 0.25) is 0 Å². The van der Waals surface area contributed by atoms with Gasteiger partial charge in [-0.2, -0.15) is 0 Å². The molecule has 19 heavy (non-hydrogen) atoms. The molecule has 0 aromatic heterocycles. The van der Waals surface area contributed by atoms with Gasteiger partial charge in [-0.1, -0.05) is 24.6 Å². The molecule has 0 aliphatic heterocycles. The number of hydrogen-bond acceptors (Lipinski definition) is 3. The standard InChI is InChI=1S/C16H26O3/c1-5-6-18-7-8-19-11-15(17)16-13(3)9-12(2)10-14(16)4/h9-10,15,17H,5-8,11H2,1-4H3. The third-order valence-electron chi connectivity index (χ3n) is 3.07. The van der Waals surface area contributed by atoms with Gasteiger partial charge in [-0.25, -0.2) is 0 Å². The van der Waals surface area contributed by atoms with Gasteiger partial charge in [-0.15, -0.1) is 0 Å². The van der Waals surface area contributed by atoms with Crippen LogP contribution >= 0.6 is 0 Å². The zero-order valence-electron chi connectivity index (χ0n) is 12.5. The number of benzene rings is 1. The van der Waals surface area contributed by atoms with Crippen molar-refractivity contribution in [2.75, 3.05) is 26.4 Å². The fourth-order valence-electron chi connectivity index (χ4n) is 2.36. The molecule has 0 saturated heterocycles. The highest BCUT2D eigenvalue weighted by atomic mass is 16.5. The summed E-state index contributed by atoms with van der Waals surface area (Å²) in [4.78, 5) is 0. The Bertz CT molecular complexity index is 365. The average Bonchev–Trinajstić information content (AvgIpc) is 2.32. The minimum Gasteiger partial charge on any atom is -0.386 e. The summed E-state index contributed by atoms with van der Waals surface area (Å²) in [5, 5.41) is 10.2. The molecule has 0 fully saturated rings. The SMILES string of the molecule is CCCOCCOCC(O)c1c(C)cc(C)cc1C. The first-order valence-electron chi connectivity index (χ1n) is 6.97. The van der Waals surface area contributed by atoms with Crippen LogP contribution in [-0.2, 0) is 9.47 Å². The Morgan fingerprint density at radius 1 is 1.00 bits per heavy atom. The van der Waals surface area contributed by atoms with Gasteiger partial charge in [-0.05, 0) is 43.9 Å². The predicted octanol–water partition coefficient (Wildman–Crippen LogP) is 3.09. The fraction of sp³-hybridized carbons (Fsp3) is 0.625. The van der Waals surface area contributed by atoms with Crippen LogP contribution in [-0.4, -0.2) is 31.5 Å². The van der Waals surface area contributed by atoms with Crippen LogP contribution in [0.2, 0.25) is 0 Å². The number of aliphatic hydroxyl groups is 1. The van der Waals surface area contributed by atoms with Crippen LogP contribution in [0.5, 0.6) is 0 Å². The zero-order valence-corrected chi connectivity index (χ0v) is 12.5. The van der Waals surface area contributed by atoms with Crippen LogP contribution in [0, 0.1) is 20.8 Å². The van der Waals surface area contributed by atoms with Crippen molar-refractivity contribution in [3.05, 3.63) is 34.4 Å². The molecule has 1 N–H and O–H groups in total. The van der Waals surface area contributed by atoms with Crippen LogP contribution < -0.4 is 0 Å². The predicted molar refractivity (Wildman–Crippen MR) is 77.5 cm³/mol. The number of ether oxygens (including phenoxy) is 2. The monoisotopic (exact) mass is 266 g/mol. The Kier molecular flexibility index (Phi) is 7.06. The first kappa shape index (κ1) is 16.2. The third-order valence-corrected chi connectivity index (χ3v) is 3.07. The molecule has 3 nitrogen and oxygen atoms in total. The van der Waals surface area contributed by atoms with Gasteiger partial charge in [0.25, 0.3) is 0 Å². The molecule has 1 unspecified atom stereocenters. The zero-order chi connectivity index (χ0) is 14.3. The van der Waals surface area contributed by atoms with Gasteiger partial charge in [-0.3, -0.25) is 0 Å². The van der Waals surface area contributed by atoms with E-state index in [9.17, 15) is 5.11 Å². The molecular formula is C16H26O3. The summed E-state index contributed by atoms with van der Waals surface area (Å²) in [6, 6.07) is 4.19. The fourth-order valence-corrected chi connectivity index (χ4v) is 2.36. The molecular weight excluding hydrogens is 240 g/mol. The molecule has 1 aromatic rings. The second kappa shape index (κ2) is 8.31. The van der Waals surface area contributed by atoms with E-state index >= 15 is 0 Å². The van der Waals surface area contributed by atoms with Crippen LogP contribution in [0.25, 0.3) is 0 Å². The van der Waals surface area contributed by atoms with E-state index in [0.717, 1.165) is 29.7 Å². The van der Waals surface area contributed by atoms with Crippen molar-refractivity contribution in [2.24, 2.45) is 0 Å². The van der Waals surface area contributed by atoms with Gasteiger partial charge < -0.3 is 14.6 Å². The smallest absolute Gasteiger partial charge is 0.103 e. The van der Waals surface area contributed by atoms with Gasteiger partial charge in [0.1, 0.15) is 6.10 Å². The maximum atomic E-state index is 10.2. The second-order valence-electron chi connectivity index (χ2n) is 5.02. The summed E-state index contributed by atoms with van der Waals surface area (Å²) in [6.07, 6.45) is 0.455. The molecule has 0 spiro atoms. The van der Waals surface area contributed by atoms with Crippen molar-refractivity contribution in [3.8, 4) is 0 Å². The van der Waals surface area contributed by atoms with Crippen LogP contribution in [0.3, 0.4) is 0 Å². The summed E-state index contributed by atoms with van der Waals surface area (Å²) in [6.45, 7) is 10.4. The average molecular weight is 266 g/mol. The normalized spacial score (nSPS) is 12.7. The molecule has 1 aromatic carbocycles. The highest BCUT2D eigenvalue weighted by Crippen LogP contribution is 2.23. The van der Waals surface area contributed by atoms with Crippen LogP contribution in [0.4, 0.5) is 0 Å². The largest absolute Gasteiger partial charge is 0.386 e. The van der Waals surface area contributed by atoms with Crippen molar-refractivity contribution in [1.29, 1.82) is 0 Å². The van der Waals surface area contributed by atoms with E-state index in [2.05, 4.69) is 26.0 Å². The van der Waals surface area contributed by atoms with Crippen molar-refractivity contribution >= 4 is 0 Å². The van der Waals surface area contributed by atoms with Crippen molar-refractivity contribution in [2.45, 2.75) is 40.2 Å². The summed E-state index contributed by atoms with van der Waals surface area (Å²) in [5.74, 6) is 0. The molecule has 0 heterocycles. The Hall–Kier alpha value is -0.900. The summed E-state index contributed by atoms with van der Waals surface area (Å²) < 4.78 is 10.8. The van der Waals surface area contributed by atoms with Gasteiger partial charge in [0.05, 0.1) is 19.8 Å². The van der Waals surface area contributed by atoms with Gasteiger partial charge >= 0.3 is 0 Å². The van der Waals surface area contributed by atoms with Gasteiger partial charge in [0.15, 0.2) is 0 Å². The van der Waals surface area contributed by atoms with Gasteiger partial charge in [0, 0.05) is 6.61 Å². The molecule has 1 rings (SSSR count). The molecule has 3 heteroatoms. The van der Waals surface area contributed by atoms with E-state index in [-0.39, 0.29) is 0 Å². The molecule has 108 valence electrons. The Morgan fingerprint density at radius 2 is 1.58 bits per heavy atom. The summed E-state index contributed by atoms with van der Waals surface area (Å²) in [5.41, 5.74) is 4.45. The van der Waals surface area contributed by atoms with E-state index in [1.807, 2.05) is 13.8 Å². The lowest BCUT2D eigenvalue weighted by atomic mass is 9.96. The minimum absolute atomic E-state index is 0.320. The highest BCUT2D eigenvalue weighted by molar-refractivity contribution is 5.38. The molecule has 0 saturated carbocycles. The molecule has 0 amide bonds. The van der Waals surface area contributed by atoms with E-state index < -0.39 is 6.10 Å². The molecule has 0 aliphatic carbocycles. The maximum absolute atomic E-state index is 10.2. The lowest BCUT2D eigenvalue weighted by Crippen LogP contribution is -2.13. The van der Waals surface area contributed by atoms with E-state index in [1.165, 1.54) is 5.56 Å². The third kappa shape index (κ3) is 5.31. The Labute approximate surface area is 116 Å². The Morgan fingerprint density at radius 3 is 2.16 bits per heavy atom. The molecule has 1 atom stereocenters. The Balaban J connectivity index is 2.43. The highest BCUT2D eigenvalue weighted by Gasteiger charge is 2.13. The van der Waals surface area contributed by atoms with Crippen LogP contribution in [0.15, 0.2) is 12.1 Å². The number of aliphatic hydroxyl groups excluding tert-OH is 1. The van der Waals surface area contributed by atoms with Crippen molar-refractivity contribution < 1.29 is 14.6 Å². The summed E-state index contributed by atoms with van der Waals surface area (Å²) >= 11 is 0. The lowest BCUT2D eigenvalue weighted by Gasteiger charge is -2.17. The first-order chi connectivity index (χ1) is 9.06.